The van der Waals surface area contributed by atoms with Crippen LogP contribution < -0.4 is 0 Å². The van der Waals surface area contributed by atoms with Crippen LogP contribution >= 0.6 is 0 Å². The van der Waals surface area contributed by atoms with E-state index in [-0.39, 0.29) is 17.3 Å². The Labute approximate surface area is 184 Å². The fraction of sp³-hybridized carbons (Fsp3) is 0.889. The summed E-state index contributed by atoms with van der Waals surface area (Å²) >= 11 is 0. The number of hydrogen-bond donors (Lipinski definition) is 2. The minimum absolute atomic E-state index is 0.0255. The van der Waals surface area contributed by atoms with Crippen molar-refractivity contribution in [1.82, 2.24) is 0 Å². The first-order valence-corrected chi connectivity index (χ1v) is 12.6. The van der Waals surface area contributed by atoms with E-state index >= 15 is 0 Å². The van der Waals surface area contributed by atoms with Gasteiger partial charge in [-0.05, 0) is 95.8 Å². The van der Waals surface area contributed by atoms with Gasteiger partial charge in [-0.3, -0.25) is 4.79 Å². The van der Waals surface area contributed by atoms with Crippen LogP contribution in [0, 0.1) is 23.2 Å². The Balaban J connectivity index is 1.84. The third-order valence-corrected chi connectivity index (χ3v) is 8.86. The van der Waals surface area contributed by atoms with Crippen molar-refractivity contribution in [2.24, 2.45) is 23.2 Å². The lowest BCUT2D eigenvalue weighted by atomic mass is 9.60. The number of ketones is 1. The average Bonchev–Trinajstić information content (AvgIpc) is 2.99. The van der Waals surface area contributed by atoms with Gasteiger partial charge < -0.3 is 10.2 Å². The highest BCUT2D eigenvalue weighted by molar-refractivity contribution is 5.83. The summed E-state index contributed by atoms with van der Waals surface area (Å²) in [5.41, 5.74) is 1.64. The number of carbonyl (C=O) groups is 1. The summed E-state index contributed by atoms with van der Waals surface area (Å²) in [6.45, 7) is 10.2. The van der Waals surface area contributed by atoms with Crippen LogP contribution in [0.3, 0.4) is 0 Å². The van der Waals surface area contributed by atoms with E-state index < -0.39 is 11.2 Å². The van der Waals surface area contributed by atoms with Gasteiger partial charge in [-0.1, -0.05) is 44.3 Å². The molecule has 3 aliphatic carbocycles. The summed E-state index contributed by atoms with van der Waals surface area (Å²) in [5.74, 6) is 1.46. The summed E-state index contributed by atoms with van der Waals surface area (Å²) in [6.07, 6.45) is 13.4. The number of rotatable bonds is 5. The maximum atomic E-state index is 13.0. The van der Waals surface area contributed by atoms with Crippen molar-refractivity contribution in [1.29, 1.82) is 0 Å². The fourth-order valence-corrected chi connectivity index (χ4v) is 7.01. The SMILES string of the molecule is CC1CCCCCC2CCC3(C)C(=C2CC1=O)CCC3[C@@](C)(O)CCCC(C)(C)O. The van der Waals surface area contributed by atoms with Crippen molar-refractivity contribution < 1.29 is 15.0 Å². The number of hydrogen-bond acceptors (Lipinski definition) is 3. The molecule has 0 aromatic rings. The molecule has 3 aliphatic rings. The molecular weight excluding hydrogens is 372 g/mol. The van der Waals surface area contributed by atoms with Gasteiger partial charge in [-0.25, -0.2) is 0 Å². The lowest BCUT2D eigenvalue weighted by Gasteiger charge is -2.46. The normalized spacial score (nSPS) is 35.6. The van der Waals surface area contributed by atoms with Gasteiger partial charge in [0.05, 0.1) is 11.2 Å². The van der Waals surface area contributed by atoms with Gasteiger partial charge in [0.1, 0.15) is 5.78 Å². The van der Waals surface area contributed by atoms with Gasteiger partial charge in [0.25, 0.3) is 0 Å². The quantitative estimate of drug-likeness (QED) is 0.511. The molecule has 0 saturated heterocycles. The van der Waals surface area contributed by atoms with E-state index in [1.54, 1.807) is 0 Å². The average molecular weight is 419 g/mol. The largest absolute Gasteiger partial charge is 0.390 e. The van der Waals surface area contributed by atoms with Crippen LogP contribution in [0.5, 0.6) is 0 Å². The standard InChI is InChI=1S/C27H46O3/c1-19-10-7-6-8-11-20-14-17-26(4)22(21(20)18-23(19)28)12-13-24(26)27(5,30)16-9-15-25(2,3)29/h19-20,24,29-30H,6-18H2,1-5H3/t19?,20?,24?,26?,27-/m0/s1. The van der Waals surface area contributed by atoms with Crippen molar-refractivity contribution in [2.75, 3.05) is 0 Å². The van der Waals surface area contributed by atoms with Crippen LogP contribution in [0.25, 0.3) is 0 Å². The third-order valence-electron chi connectivity index (χ3n) is 8.86. The third kappa shape index (κ3) is 5.21. The number of carbonyl (C=O) groups excluding carboxylic acids is 1. The van der Waals surface area contributed by atoms with Gasteiger partial charge in [0.15, 0.2) is 0 Å². The summed E-state index contributed by atoms with van der Waals surface area (Å²) in [4.78, 5) is 13.0. The van der Waals surface area contributed by atoms with Gasteiger partial charge in [0, 0.05) is 12.3 Å². The molecule has 3 rings (SSSR count). The van der Waals surface area contributed by atoms with Crippen LogP contribution in [-0.4, -0.2) is 27.2 Å². The topological polar surface area (TPSA) is 57.5 Å². The lowest BCUT2D eigenvalue weighted by Crippen LogP contribution is -2.44. The highest BCUT2D eigenvalue weighted by Crippen LogP contribution is 2.60. The van der Waals surface area contributed by atoms with E-state index in [1.807, 2.05) is 20.8 Å². The van der Waals surface area contributed by atoms with E-state index in [0.717, 1.165) is 44.9 Å². The van der Waals surface area contributed by atoms with Gasteiger partial charge in [-0.15, -0.1) is 0 Å². The summed E-state index contributed by atoms with van der Waals surface area (Å²) in [5, 5.41) is 21.6. The van der Waals surface area contributed by atoms with E-state index in [0.29, 0.717) is 18.1 Å². The van der Waals surface area contributed by atoms with Gasteiger partial charge in [-0.2, -0.15) is 0 Å². The van der Waals surface area contributed by atoms with Crippen molar-refractivity contribution in [3.8, 4) is 0 Å². The molecule has 0 amide bonds. The van der Waals surface area contributed by atoms with Crippen molar-refractivity contribution in [3.05, 3.63) is 11.1 Å². The molecule has 0 aromatic heterocycles. The second-order valence-corrected chi connectivity index (χ2v) is 12.0. The first-order chi connectivity index (χ1) is 13.9. The van der Waals surface area contributed by atoms with E-state index in [4.69, 9.17) is 0 Å². The maximum Gasteiger partial charge on any atom is 0.139 e. The Hall–Kier alpha value is -0.670. The van der Waals surface area contributed by atoms with Crippen molar-refractivity contribution >= 4 is 5.78 Å². The predicted molar refractivity (Wildman–Crippen MR) is 123 cm³/mol. The fourth-order valence-electron chi connectivity index (χ4n) is 7.01. The van der Waals surface area contributed by atoms with E-state index in [9.17, 15) is 15.0 Å². The molecule has 0 heterocycles. The summed E-state index contributed by atoms with van der Waals surface area (Å²) in [6, 6.07) is 0. The van der Waals surface area contributed by atoms with Crippen LogP contribution in [0.1, 0.15) is 118 Å². The number of fused-ring (bicyclic) bond motifs is 2. The van der Waals surface area contributed by atoms with Gasteiger partial charge in [0.2, 0.25) is 0 Å². The van der Waals surface area contributed by atoms with E-state index in [1.165, 1.54) is 43.3 Å². The monoisotopic (exact) mass is 418 g/mol. The molecule has 0 bridgehead atoms. The molecule has 30 heavy (non-hydrogen) atoms. The maximum absolute atomic E-state index is 13.0. The molecule has 0 aliphatic heterocycles. The summed E-state index contributed by atoms with van der Waals surface area (Å²) in [7, 11) is 0. The highest BCUT2D eigenvalue weighted by Gasteiger charge is 2.53. The minimum Gasteiger partial charge on any atom is -0.390 e. The Morgan fingerprint density at radius 3 is 2.40 bits per heavy atom. The smallest absolute Gasteiger partial charge is 0.139 e. The molecule has 0 radical (unpaired) electrons. The minimum atomic E-state index is -0.720. The molecule has 0 aromatic carbocycles. The molecule has 3 nitrogen and oxygen atoms in total. The molecular formula is C27H46O3. The Bertz CT molecular complexity index is 654. The Morgan fingerprint density at radius 2 is 1.70 bits per heavy atom. The predicted octanol–water partition coefficient (Wildman–Crippen LogP) is 6.36. The van der Waals surface area contributed by atoms with Crippen molar-refractivity contribution in [3.63, 3.8) is 0 Å². The van der Waals surface area contributed by atoms with Crippen molar-refractivity contribution in [2.45, 2.75) is 129 Å². The summed E-state index contributed by atoms with van der Waals surface area (Å²) < 4.78 is 0. The zero-order chi connectivity index (χ0) is 22.2. The van der Waals surface area contributed by atoms with E-state index in [2.05, 4.69) is 13.8 Å². The first-order valence-electron chi connectivity index (χ1n) is 12.6. The second-order valence-electron chi connectivity index (χ2n) is 12.0. The lowest BCUT2D eigenvalue weighted by molar-refractivity contribution is -0.122. The van der Waals surface area contributed by atoms with Crippen LogP contribution in [-0.2, 0) is 4.79 Å². The van der Waals surface area contributed by atoms with Crippen LogP contribution in [0.2, 0.25) is 0 Å². The molecule has 4 unspecified atom stereocenters. The Morgan fingerprint density at radius 1 is 1.00 bits per heavy atom. The zero-order valence-electron chi connectivity index (χ0n) is 20.2. The Kier molecular flexibility index (Phi) is 7.24. The van der Waals surface area contributed by atoms with Gasteiger partial charge >= 0.3 is 0 Å². The number of Topliss-reactive ketones (excluding diaryl/α,β-unsaturated/α-hetero) is 1. The molecule has 5 atom stereocenters. The number of allylic oxidation sites excluding steroid dienone is 2. The van der Waals surface area contributed by atoms with Crippen LogP contribution in [0.15, 0.2) is 11.1 Å². The number of aliphatic hydroxyl groups is 2. The van der Waals surface area contributed by atoms with Crippen LogP contribution in [0.4, 0.5) is 0 Å². The molecule has 0 spiro atoms. The molecule has 2 saturated carbocycles. The highest BCUT2D eigenvalue weighted by atomic mass is 16.3. The molecule has 3 heteroatoms. The molecule has 2 fully saturated rings. The first kappa shape index (κ1) is 24.0. The molecule has 172 valence electrons. The second kappa shape index (κ2) is 9.06. The molecule has 2 N–H and O–H groups in total. The zero-order valence-corrected chi connectivity index (χ0v) is 20.2.